The van der Waals surface area contributed by atoms with Gasteiger partial charge in [0.25, 0.3) is 0 Å². The minimum atomic E-state index is -0.313. The summed E-state index contributed by atoms with van der Waals surface area (Å²) in [5.41, 5.74) is 21.3. The van der Waals surface area contributed by atoms with Crippen molar-refractivity contribution in [2.24, 2.45) is 0 Å². The van der Waals surface area contributed by atoms with Gasteiger partial charge in [-0.1, -0.05) is 97.1 Å². The van der Waals surface area contributed by atoms with Crippen LogP contribution in [-0.2, 0) is 4.79 Å². The molecule has 0 saturated carbocycles. The molecule has 5 aliphatic rings. The van der Waals surface area contributed by atoms with Crippen molar-refractivity contribution < 1.29 is 4.79 Å². The van der Waals surface area contributed by atoms with Gasteiger partial charge >= 0.3 is 0 Å². The van der Waals surface area contributed by atoms with Crippen molar-refractivity contribution in [2.45, 2.75) is 37.5 Å². The average Bonchev–Trinajstić information content (AvgIpc) is 3.68. The molecule has 0 aliphatic heterocycles. The second-order valence-corrected chi connectivity index (χ2v) is 15.4. The van der Waals surface area contributed by atoms with E-state index in [1.807, 2.05) is 0 Å². The monoisotopic (exact) mass is 634 g/mol. The predicted octanol–water partition coefficient (Wildman–Crippen LogP) is 11.6. The van der Waals surface area contributed by atoms with Crippen LogP contribution < -0.4 is 0 Å². The predicted molar refractivity (Wildman–Crippen MR) is 203 cm³/mol. The van der Waals surface area contributed by atoms with Crippen molar-refractivity contribution in [1.82, 2.24) is 0 Å². The maximum atomic E-state index is 16.0. The summed E-state index contributed by atoms with van der Waals surface area (Å²) in [5, 5.41) is 7.64. The lowest BCUT2D eigenvalue weighted by Crippen LogP contribution is -2.35. The van der Waals surface area contributed by atoms with E-state index in [1.165, 1.54) is 121 Å². The fourth-order valence-corrected chi connectivity index (χ4v) is 11.7. The summed E-state index contributed by atoms with van der Waals surface area (Å²) < 4.78 is 0. The van der Waals surface area contributed by atoms with E-state index in [0.717, 1.165) is 0 Å². The summed E-state index contributed by atoms with van der Waals surface area (Å²) >= 11 is 0. The van der Waals surface area contributed by atoms with Gasteiger partial charge in [-0.05, 0) is 159 Å². The van der Waals surface area contributed by atoms with Crippen molar-refractivity contribution in [3.8, 4) is 22.3 Å². The number of ketones is 1. The van der Waals surface area contributed by atoms with Crippen LogP contribution >= 0.6 is 0 Å². The van der Waals surface area contributed by atoms with Gasteiger partial charge in [-0.15, -0.1) is 0 Å². The van der Waals surface area contributed by atoms with Gasteiger partial charge in [0, 0.05) is 11.8 Å². The van der Waals surface area contributed by atoms with Crippen molar-refractivity contribution in [3.05, 3.63) is 188 Å². The number of fused-ring (bicyclic) bond motifs is 14. The smallest absolute Gasteiger partial charge is 0.156 e. The van der Waals surface area contributed by atoms with Gasteiger partial charge in [-0.25, -0.2) is 0 Å². The highest BCUT2D eigenvalue weighted by Crippen LogP contribution is 2.67. The first kappa shape index (κ1) is 26.1. The normalized spacial score (nSPS) is 20.6. The Bertz CT molecular complexity index is 2800. The number of hydrogen-bond donors (Lipinski definition) is 0. The molecule has 0 saturated heterocycles. The molecule has 13 rings (SSSR count). The molecule has 8 aromatic rings. The van der Waals surface area contributed by atoms with Crippen LogP contribution in [0, 0.1) is 13.8 Å². The number of aryl methyl sites for hydroxylation is 2. The zero-order valence-electron chi connectivity index (χ0n) is 27.8. The fraction of sp³-hybridized carbons (Fsp3) is 0.122. The quantitative estimate of drug-likeness (QED) is 0.162. The van der Waals surface area contributed by atoms with E-state index in [0.29, 0.717) is 5.78 Å². The van der Waals surface area contributed by atoms with Crippen molar-refractivity contribution in [2.75, 3.05) is 0 Å². The summed E-state index contributed by atoms with van der Waals surface area (Å²) in [6.07, 6.45) is 0. The van der Waals surface area contributed by atoms with Gasteiger partial charge in [-0.2, -0.15) is 0 Å². The minimum Gasteiger partial charge on any atom is -0.298 e. The van der Waals surface area contributed by atoms with E-state index in [4.69, 9.17) is 0 Å². The van der Waals surface area contributed by atoms with Crippen LogP contribution in [0.3, 0.4) is 0 Å². The topological polar surface area (TPSA) is 17.1 Å². The molecule has 0 bridgehead atoms. The maximum absolute atomic E-state index is 16.0. The zero-order chi connectivity index (χ0) is 32.7. The fourth-order valence-electron chi connectivity index (χ4n) is 11.7. The molecule has 50 heavy (non-hydrogen) atoms. The summed E-state index contributed by atoms with van der Waals surface area (Å²) in [4.78, 5) is 16.0. The molecular formula is C49H30O. The number of Topliss-reactive ketones (excluding diaryl/α,β-unsaturated/α-hetero) is 1. The average molecular weight is 635 g/mol. The molecule has 0 aromatic heterocycles. The maximum Gasteiger partial charge on any atom is 0.156 e. The molecule has 4 unspecified atom stereocenters. The van der Waals surface area contributed by atoms with Crippen LogP contribution in [0.2, 0.25) is 0 Å². The van der Waals surface area contributed by atoms with Crippen LogP contribution in [0.1, 0.15) is 90.4 Å². The standard InChI is InChI=1S/C49H30O/c1-23-37-24(2)39-30-16-8-10-18-32(30)41-34-20-26-12-4-6-14-28(26)22-36(34)43-48(46(39)41)44(37)47-42(49(43)50)35-21-27-13-5-3-11-25(27)19-33(35)40-31-17-9-7-15-29(31)38(23)45(40)47/h3-22,40-43H,1-2H3. The Kier molecular flexibility index (Phi) is 4.44. The Balaban J connectivity index is 1.29. The van der Waals surface area contributed by atoms with Crippen LogP contribution in [0.15, 0.2) is 121 Å². The molecular weight excluding hydrogens is 605 g/mol. The molecule has 1 heteroatoms. The van der Waals surface area contributed by atoms with E-state index >= 15 is 4.79 Å². The molecule has 0 radical (unpaired) electrons. The van der Waals surface area contributed by atoms with E-state index in [-0.39, 0.29) is 23.7 Å². The van der Waals surface area contributed by atoms with Crippen molar-refractivity contribution in [3.63, 3.8) is 0 Å². The first-order chi connectivity index (χ1) is 24.6. The zero-order valence-corrected chi connectivity index (χ0v) is 27.8. The molecule has 4 atom stereocenters. The summed E-state index contributed by atoms with van der Waals surface area (Å²) in [5.74, 6) is -0.0489. The highest BCUT2D eigenvalue weighted by molar-refractivity contribution is 6.18. The Labute approximate surface area is 289 Å². The molecule has 0 N–H and O–H groups in total. The third kappa shape index (κ3) is 2.72. The molecule has 5 aliphatic carbocycles. The molecule has 232 valence electrons. The van der Waals surface area contributed by atoms with Gasteiger partial charge in [0.1, 0.15) is 0 Å². The molecule has 0 heterocycles. The third-order valence-electron chi connectivity index (χ3n) is 13.4. The first-order valence-electron chi connectivity index (χ1n) is 18.0. The summed E-state index contributed by atoms with van der Waals surface area (Å²) in [6, 6.07) is 45.1. The first-order valence-corrected chi connectivity index (χ1v) is 18.0. The molecule has 0 fully saturated rings. The van der Waals surface area contributed by atoms with E-state index < -0.39 is 0 Å². The van der Waals surface area contributed by atoms with Crippen LogP contribution in [0.25, 0.3) is 54.6 Å². The van der Waals surface area contributed by atoms with Crippen LogP contribution in [0.4, 0.5) is 0 Å². The van der Waals surface area contributed by atoms with E-state index in [1.54, 1.807) is 0 Å². The molecule has 8 aromatic carbocycles. The Morgan fingerprint density at radius 1 is 0.380 bits per heavy atom. The number of rotatable bonds is 0. The number of carbonyl (C=O) groups is 1. The summed E-state index contributed by atoms with van der Waals surface area (Å²) in [7, 11) is 0. The van der Waals surface area contributed by atoms with Crippen LogP contribution in [0.5, 0.6) is 0 Å². The number of carbonyl (C=O) groups excluding carboxylic acids is 1. The highest BCUT2D eigenvalue weighted by Gasteiger charge is 2.53. The molecule has 0 spiro atoms. The second kappa shape index (κ2) is 8.49. The second-order valence-electron chi connectivity index (χ2n) is 15.4. The van der Waals surface area contributed by atoms with E-state index in [9.17, 15) is 0 Å². The lowest BCUT2D eigenvalue weighted by molar-refractivity contribution is -0.120. The van der Waals surface area contributed by atoms with Gasteiger partial charge in [0.2, 0.25) is 0 Å². The molecule has 1 nitrogen and oxygen atoms in total. The Hall–Kier alpha value is -5.79. The third-order valence-corrected chi connectivity index (χ3v) is 13.4. The molecule has 0 amide bonds. The largest absolute Gasteiger partial charge is 0.298 e. The lowest BCUT2D eigenvalue weighted by atomic mass is 9.57. The lowest BCUT2D eigenvalue weighted by Gasteiger charge is -2.44. The highest BCUT2D eigenvalue weighted by atomic mass is 16.1. The van der Waals surface area contributed by atoms with Gasteiger partial charge in [-0.3, -0.25) is 4.79 Å². The minimum absolute atomic E-state index is 0.119. The van der Waals surface area contributed by atoms with Crippen molar-refractivity contribution >= 4 is 38.1 Å². The van der Waals surface area contributed by atoms with Crippen molar-refractivity contribution in [1.29, 1.82) is 0 Å². The number of benzene rings is 8. The van der Waals surface area contributed by atoms with Gasteiger partial charge in [0.05, 0.1) is 11.8 Å². The Morgan fingerprint density at radius 3 is 1.16 bits per heavy atom. The summed E-state index contributed by atoms with van der Waals surface area (Å²) in [6.45, 7) is 4.74. The van der Waals surface area contributed by atoms with E-state index in [2.05, 4.69) is 135 Å². The van der Waals surface area contributed by atoms with Crippen LogP contribution in [-0.4, -0.2) is 5.78 Å². The Morgan fingerprint density at radius 2 is 0.740 bits per heavy atom. The van der Waals surface area contributed by atoms with Gasteiger partial charge < -0.3 is 0 Å². The number of hydrogen-bond acceptors (Lipinski definition) is 1. The SMILES string of the molecule is Cc1c2c3c4c5c6c7c(c(C)c15)-c1ccccc1C7c1cc5ccccc5cc1C6C(=O)C4c1cc4ccccc4cc1C3c1ccccc1-2. The van der Waals surface area contributed by atoms with Gasteiger partial charge in [0.15, 0.2) is 5.78 Å².